The number of likely N-dealkylation sites (N-methyl/N-ethyl adjacent to an activating group) is 1. The number of nitrogens with one attached hydrogen (secondary N) is 1. The van der Waals surface area contributed by atoms with E-state index in [0.29, 0.717) is 6.54 Å². The van der Waals surface area contributed by atoms with Crippen LogP contribution in [0.3, 0.4) is 0 Å². The maximum atomic E-state index is 11.8. The summed E-state index contributed by atoms with van der Waals surface area (Å²) in [5.74, 6) is 0. The highest BCUT2D eigenvalue weighted by atomic mass is 16.1. The predicted octanol–water partition coefficient (Wildman–Crippen LogP) is 1.58. The van der Waals surface area contributed by atoms with Crippen molar-refractivity contribution in [1.82, 2.24) is 14.9 Å². The van der Waals surface area contributed by atoms with Gasteiger partial charge in [0.1, 0.15) is 0 Å². The van der Waals surface area contributed by atoms with E-state index in [2.05, 4.69) is 38.0 Å². The van der Waals surface area contributed by atoms with E-state index in [4.69, 9.17) is 0 Å². The van der Waals surface area contributed by atoms with Crippen LogP contribution >= 0.6 is 0 Å². The Bertz CT molecular complexity index is 417. The van der Waals surface area contributed by atoms with Crippen molar-refractivity contribution in [1.29, 1.82) is 0 Å². The minimum absolute atomic E-state index is 0.0182. The van der Waals surface area contributed by atoms with Crippen LogP contribution in [0.15, 0.2) is 17.2 Å². The smallest absolute Gasteiger partial charge is 0.253 e. The normalized spacial score (nSPS) is 13.7. The average molecular weight is 237 g/mol. The maximum absolute atomic E-state index is 11.8. The van der Waals surface area contributed by atoms with E-state index < -0.39 is 0 Å². The molecule has 0 radical (unpaired) electrons. The van der Waals surface area contributed by atoms with Crippen molar-refractivity contribution in [3.63, 3.8) is 0 Å². The van der Waals surface area contributed by atoms with Crippen LogP contribution in [-0.2, 0) is 6.54 Å². The lowest BCUT2D eigenvalue weighted by Gasteiger charge is -2.31. The van der Waals surface area contributed by atoms with Gasteiger partial charge in [-0.3, -0.25) is 9.36 Å². The summed E-state index contributed by atoms with van der Waals surface area (Å²) in [5, 5.41) is 3.43. The van der Waals surface area contributed by atoms with Gasteiger partial charge in [-0.15, -0.1) is 0 Å². The number of nitrogens with zero attached hydrogens (tertiary/aromatic N) is 2. The van der Waals surface area contributed by atoms with Crippen LogP contribution < -0.4 is 10.9 Å². The first kappa shape index (κ1) is 13.9. The Morgan fingerprint density at radius 1 is 1.47 bits per heavy atom. The summed E-state index contributed by atoms with van der Waals surface area (Å²) in [6, 6.07) is 1.83. The van der Waals surface area contributed by atoms with Gasteiger partial charge in [0.15, 0.2) is 0 Å². The Morgan fingerprint density at radius 2 is 2.12 bits per heavy atom. The quantitative estimate of drug-likeness (QED) is 0.864. The van der Waals surface area contributed by atoms with Crippen LogP contribution in [0.1, 0.15) is 33.4 Å². The number of aromatic nitrogens is 2. The second-order valence-electron chi connectivity index (χ2n) is 5.50. The van der Waals surface area contributed by atoms with Crippen LogP contribution in [0.25, 0.3) is 0 Å². The summed E-state index contributed by atoms with van der Waals surface area (Å²) in [4.78, 5) is 16.0. The summed E-state index contributed by atoms with van der Waals surface area (Å²) < 4.78 is 1.67. The average Bonchev–Trinajstić information content (AvgIpc) is 2.19. The highest BCUT2D eigenvalue weighted by Crippen LogP contribution is 2.20. The summed E-state index contributed by atoms with van der Waals surface area (Å²) in [6.45, 7) is 12.0. The molecule has 0 fully saturated rings. The third-order valence-electron chi connectivity index (χ3n) is 2.89. The fourth-order valence-electron chi connectivity index (χ4n) is 1.74. The molecule has 0 aliphatic carbocycles. The highest BCUT2D eigenvalue weighted by Gasteiger charge is 2.24. The molecule has 0 aliphatic heterocycles. The van der Waals surface area contributed by atoms with Crippen molar-refractivity contribution >= 4 is 0 Å². The van der Waals surface area contributed by atoms with E-state index in [-0.39, 0.29) is 17.0 Å². The van der Waals surface area contributed by atoms with Gasteiger partial charge in [0.2, 0.25) is 0 Å². The van der Waals surface area contributed by atoms with Crippen molar-refractivity contribution in [2.24, 2.45) is 5.41 Å². The van der Waals surface area contributed by atoms with Crippen molar-refractivity contribution in [2.45, 2.75) is 47.2 Å². The maximum Gasteiger partial charge on any atom is 0.253 e. The minimum atomic E-state index is 0.0182. The Kier molecular flexibility index (Phi) is 4.46. The summed E-state index contributed by atoms with van der Waals surface area (Å²) in [7, 11) is 0. The number of hydrogen-bond donors (Lipinski definition) is 1. The second-order valence-corrected chi connectivity index (χ2v) is 5.50. The SMILES string of the molecule is CCNC(Cn1cnc(C)cc1=O)C(C)(C)C. The summed E-state index contributed by atoms with van der Waals surface area (Å²) in [6.07, 6.45) is 1.63. The zero-order valence-electron chi connectivity index (χ0n) is 11.4. The standard InChI is InChI=1S/C13H23N3O/c1-6-14-11(13(3,4)5)8-16-9-15-10(2)7-12(16)17/h7,9,11,14H,6,8H2,1-5H3. The molecule has 1 unspecified atom stereocenters. The fourth-order valence-corrected chi connectivity index (χ4v) is 1.74. The van der Waals surface area contributed by atoms with E-state index in [1.54, 1.807) is 17.0 Å². The third kappa shape index (κ3) is 3.97. The first-order chi connectivity index (χ1) is 7.84. The number of aryl methyl sites for hydroxylation is 1. The third-order valence-corrected chi connectivity index (χ3v) is 2.89. The lowest BCUT2D eigenvalue weighted by molar-refractivity contribution is 0.243. The lowest BCUT2D eigenvalue weighted by atomic mass is 9.86. The van der Waals surface area contributed by atoms with Crippen LogP contribution in [-0.4, -0.2) is 22.1 Å². The van der Waals surface area contributed by atoms with Crippen molar-refractivity contribution < 1.29 is 0 Å². The summed E-state index contributed by atoms with van der Waals surface area (Å²) >= 11 is 0. The molecule has 17 heavy (non-hydrogen) atoms. The van der Waals surface area contributed by atoms with Gasteiger partial charge in [-0.25, -0.2) is 4.98 Å². The molecule has 1 atom stereocenters. The van der Waals surface area contributed by atoms with Gasteiger partial charge in [0.05, 0.1) is 6.33 Å². The Hall–Kier alpha value is -1.16. The minimum Gasteiger partial charge on any atom is -0.312 e. The zero-order valence-corrected chi connectivity index (χ0v) is 11.4. The van der Waals surface area contributed by atoms with E-state index in [1.165, 1.54) is 0 Å². The van der Waals surface area contributed by atoms with Gasteiger partial charge in [0, 0.05) is 24.3 Å². The molecule has 1 aromatic heterocycles. The molecule has 4 nitrogen and oxygen atoms in total. The molecule has 1 N–H and O–H groups in total. The molecule has 96 valence electrons. The molecule has 0 saturated carbocycles. The largest absolute Gasteiger partial charge is 0.312 e. The highest BCUT2D eigenvalue weighted by molar-refractivity contribution is 4.96. The first-order valence-corrected chi connectivity index (χ1v) is 6.11. The molecular formula is C13H23N3O. The van der Waals surface area contributed by atoms with Crippen molar-refractivity contribution in [3.8, 4) is 0 Å². The number of rotatable bonds is 4. The van der Waals surface area contributed by atoms with E-state index in [0.717, 1.165) is 12.2 Å². The van der Waals surface area contributed by atoms with Crippen LogP contribution in [0.2, 0.25) is 0 Å². The molecule has 1 rings (SSSR count). The van der Waals surface area contributed by atoms with E-state index >= 15 is 0 Å². The molecule has 1 aromatic rings. The molecule has 4 heteroatoms. The molecule has 0 spiro atoms. The fraction of sp³-hybridized carbons (Fsp3) is 0.692. The monoisotopic (exact) mass is 237 g/mol. The van der Waals surface area contributed by atoms with Gasteiger partial charge in [0.25, 0.3) is 5.56 Å². The van der Waals surface area contributed by atoms with Crippen molar-refractivity contribution in [2.75, 3.05) is 6.54 Å². The Balaban J connectivity index is 2.90. The Labute approximate surface area is 103 Å². The molecular weight excluding hydrogens is 214 g/mol. The van der Waals surface area contributed by atoms with Gasteiger partial charge in [-0.1, -0.05) is 27.7 Å². The molecule has 0 aliphatic rings. The molecule has 0 bridgehead atoms. The van der Waals surface area contributed by atoms with Gasteiger partial charge in [-0.05, 0) is 18.9 Å². The van der Waals surface area contributed by atoms with Crippen LogP contribution in [0.5, 0.6) is 0 Å². The van der Waals surface area contributed by atoms with Crippen LogP contribution in [0, 0.1) is 12.3 Å². The van der Waals surface area contributed by atoms with Crippen LogP contribution in [0.4, 0.5) is 0 Å². The molecule has 0 amide bonds. The van der Waals surface area contributed by atoms with Gasteiger partial charge < -0.3 is 5.32 Å². The molecule has 1 heterocycles. The molecule has 0 saturated heterocycles. The lowest BCUT2D eigenvalue weighted by Crippen LogP contribution is -2.45. The predicted molar refractivity (Wildman–Crippen MR) is 70.2 cm³/mol. The van der Waals surface area contributed by atoms with Gasteiger partial charge >= 0.3 is 0 Å². The van der Waals surface area contributed by atoms with E-state index in [1.807, 2.05) is 6.92 Å². The summed E-state index contributed by atoms with van der Waals surface area (Å²) in [5.41, 5.74) is 0.895. The zero-order chi connectivity index (χ0) is 13.1. The van der Waals surface area contributed by atoms with Gasteiger partial charge in [-0.2, -0.15) is 0 Å². The number of hydrogen-bond acceptors (Lipinski definition) is 3. The first-order valence-electron chi connectivity index (χ1n) is 6.11. The second kappa shape index (κ2) is 5.45. The Morgan fingerprint density at radius 3 is 2.59 bits per heavy atom. The van der Waals surface area contributed by atoms with Crippen molar-refractivity contribution in [3.05, 3.63) is 28.4 Å². The molecule has 0 aromatic carbocycles. The van der Waals surface area contributed by atoms with E-state index in [9.17, 15) is 4.79 Å². The topological polar surface area (TPSA) is 46.9 Å².